The number of aromatic nitrogens is 2. The smallest absolute Gasteiger partial charge is 0.142 e. The number of para-hydroxylation sites is 2. The van der Waals surface area contributed by atoms with E-state index in [1.54, 1.807) is 13.3 Å². The Balaban J connectivity index is 2.09. The molecule has 1 aromatic carbocycles. The van der Waals surface area contributed by atoms with Crippen LogP contribution in [0, 0.1) is 0 Å². The second kappa shape index (κ2) is 7.55. The van der Waals surface area contributed by atoms with Crippen LogP contribution in [0.1, 0.15) is 6.42 Å². The van der Waals surface area contributed by atoms with E-state index in [4.69, 9.17) is 10.5 Å². The zero-order valence-electron chi connectivity index (χ0n) is 11.9. The van der Waals surface area contributed by atoms with Crippen molar-refractivity contribution in [3.8, 4) is 5.75 Å². The maximum Gasteiger partial charge on any atom is 0.142 e. The third-order valence-electron chi connectivity index (χ3n) is 3.22. The summed E-state index contributed by atoms with van der Waals surface area (Å²) in [5.74, 6) is 0.894. The van der Waals surface area contributed by atoms with Crippen molar-refractivity contribution < 1.29 is 4.74 Å². The molecule has 0 aliphatic carbocycles. The maximum atomic E-state index is 5.64. The van der Waals surface area contributed by atoms with Crippen molar-refractivity contribution in [1.82, 2.24) is 9.78 Å². The molecule has 1 aromatic heterocycles. The number of hydrogen-bond acceptors (Lipinski definition) is 4. The highest BCUT2D eigenvalue weighted by molar-refractivity contribution is 5.58. The van der Waals surface area contributed by atoms with Gasteiger partial charge in [-0.1, -0.05) is 12.1 Å². The summed E-state index contributed by atoms with van der Waals surface area (Å²) >= 11 is 0. The molecule has 1 heterocycles. The van der Waals surface area contributed by atoms with Crippen molar-refractivity contribution in [1.29, 1.82) is 0 Å². The van der Waals surface area contributed by atoms with Gasteiger partial charge in [-0.15, -0.1) is 0 Å². The zero-order chi connectivity index (χ0) is 14.2. The summed E-state index contributed by atoms with van der Waals surface area (Å²) < 4.78 is 7.38. The van der Waals surface area contributed by atoms with E-state index in [1.165, 1.54) is 0 Å². The number of benzene rings is 1. The predicted octanol–water partition coefficient (Wildman–Crippen LogP) is 1.75. The third-order valence-corrected chi connectivity index (χ3v) is 3.22. The number of rotatable bonds is 8. The van der Waals surface area contributed by atoms with Crippen molar-refractivity contribution in [2.75, 3.05) is 31.6 Å². The molecule has 0 saturated carbocycles. The Morgan fingerprint density at radius 3 is 2.80 bits per heavy atom. The Hall–Kier alpha value is -2.01. The molecule has 2 aromatic rings. The number of methoxy groups -OCH3 is 1. The second-order valence-electron chi connectivity index (χ2n) is 4.57. The average Bonchev–Trinajstić information content (AvgIpc) is 3.01. The lowest BCUT2D eigenvalue weighted by Crippen LogP contribution is -2.30. The van der Waals surface area contributed by atoms with Crippen molar-refractivity contribution >= 4 is 5.69 Å². The summed E-state index contributed by atoms with van der Waals surface area (Å²) in [6, 6.07) is 10.0. The second-order valence-corrected chi connectivity index (χ2v) is 4.57. The molecule has 108 valence electrons. The maximum absolute atomic E-state index is 5.64. The van der Waals surface area contributed by atoms with Crippen LogP contribution in [0.3, 0.4) is 0 Å². The summed E-state index contributed by atoms with van der Waals surface area (Å²) in [6.07, 6.45) is 4.73. The Labute approximate surface area is 119 Å². The van der Waals surface area contributed by atoms with Crippen LogP contribution in [-0.4, -0.2) is 36.5 Å². The molecule has 0 atom stereocenters. The van der Waals surface area contributed by atoms with Crippen LogP contribution in [0.15, 0.2) is 42.7 Å². The van der Waals surface area contributed by atoms with Crippen LogP contribution in [0.25, 0.3) is 0 Å². The highest BCUT2D eigenvalue weighted by Crippen LogP contribution is 2.27. The van der Waals surface area contributed by atoms with E-state index in [0.717, 1.165) is 37.5 Å². The van der Waals surface area contributed by atoms with Crippen molar-refractivity contribution in [2.45, 2.75) is 13.0 Å². The number of nitrogens with zero attached hydrogens (tertiary/aromatic N) is 3. The third kappa shape index (κ3) is 3.74. The molecule has 0 radical (unpaired) electrons. The van der Waals surface area contributed by atoms with Crippen LogP contribution in [0.5, 0.6) is 5.75 Å². The molecule has 5 heteroatoms. The predicted molar refractivity (Wildman–Crippen MR) is 81.1 cm³/mol. The fourth-order valence-electron chi connectivity index (χ4n) is 2.18. The topological polar surface area (TPSA) is 56.3 Å². The Morgan fingerprint density at radius 1 is 1.25 bits per heavy atom. The summed E-state index contributed by atoms with van der Waals surface area (Å²) in [7, 11) is 1.70. The van der Waals surface area contributed by atoms with Gasteiger partial charge in [0, 0.05) is 25.5 Å². The fourth-order valence-corrected chi connectivity index (χ4v) is 2.18. The number of nitrogens with two attached hydrogens (primary N) is 1. The van der Waals surface area contributed by atoms with Crippen LogP contribution < -0.4 is 15.4 Å². The zero-order valence-corrected chi connectivity index (χ0v) is 11.9. The van der Waals surface area contributed by atoms with E-state index in [2.05, 4.69) is 16.1 Å². The van der Waals surface area contributed by atoms with Gasteiger partial charge in [-0.25, -0.2) is 0 Å². The first-order chi connectivity index (χ1) is 9.85. The molecule has 0 bridgehead atoms. The van der Waals surface area contributed by atoms with Gasteiger partial charge in [-0.05, 0) is 31.2 Å². The Morgan fingerprint density at radius 2 is 2.10 bits per heavy atom. The van der Waals surface area contributed by atoms with E-state index in [1.807, 2.05) is 35.1 Å². The fraction of sp³-hybridized carbons (Fsp3) is 0.400. The molecule has 0 saturated heterocycles. The molecular weight excluding hydrogens is 252 g/mol. The van der Waals surface area contributed by atoms with Crippen molar-refractivity contribution in [3.63, 3.8) is 0 Å². The van der Waals surface area contributed by atoms with Crippen LogP contribution in [-0.2, 0) is 6.54 Å². The lowest BCUT2D eigenvalue weighted by Gasteiger charge is -2.26. The van der Waals surface area contributed by atoms with Crippen molar-refractivity contribution in [3.05, 3.63) is 42.7 Å². The molecular formula is C15H22N4O. The normalized spacial score (nSPS) is 10.5. The van der Waals surface area contributed by atoms with Crippen LogP contribution in [0.4, 0.5) is 5.69 Å². The SMILES string of the molecule is COc1ccccc1N(CCCN)CCn1cccn1. The van der Waals surface area contributed by atoms with Gasteiger partial charge in [-0.2, -0.15) is 5.10 Å². The lowest BCUT2D eigenvalue weighted by molar-refractivity contribution is 0.413. The molecule has 0 aliphatic heterocycles. The first-order valence-electron chi connectivity index (χ1n) is 6.90. The van der Waals surface area contributed by atoms with Crippen molar-refractivity contribution in [2.24, 2.45) is 5.73 Å². The van der Waals surface area contributed by atoms with Gasteiger partial charge in [0.15, 0.2) is 0 Å². The quantitative estimate of drug-likeness (QED) is 0.796. The molecule has 2 N–H and O–H groups in total. The minimum absolute atomic E-state index is 0.688. The first-order valence-corrected chi connectivity index (χ1v) is 6.90. The van der Waals surface area contributed by atoms with E-state index >= 15 is 0 Å². The van der Waals surface area contributed by atoms with Gasteiger partial charge in [0.1, 0.15) is 5.75 Å². The minimum atomic E-state index is 0.688. The highest BCUT2D eigenvalue weighted by atomic mass is 16.5. The molecule has 0 amide bonds. The monoisotopic (exact) mass is 274 g/mol. The van der Waals surface area contributed by atoms with E-state index < -0.39 is 0 Å². The van der Waals surface area contributed by atoms with Gasteiger partial charge in [-0.3, -0.25) is 4.68 Å². The first kappa shape index (κ1) is 14.4. The molecule has 20 heavy (non-hydrogen) atoms. The van der Waals surface area contributed by atoms with Gasteiger partial charge in [0.25, 0.3) is 0 Å². The largest absolute Gasteiger partial charge is 0.495 e. The number of anilines is 1. The summed E-state index contributed by atoms with van der Waals surface area (Å²) in [6.45, 7) is 3.32. The Bertz CT molecular complexity index is 498. The molecule has 2 rings (SSSR count). The van der Waals surface area contributed by atoms with E-state index in [-0.39, 0.29) is 0 Å². The van der Waals surface area contributed by atoms with Crippen LogP contribution >= 0.6 is 0 Å². The summed E-state index contributed by atoms with van der Waals surface area (Å²) in [4.78, 5) is 2.30. The van der Waals surface area contributed by atoms with Gasteiger partial charge in [0.2, 0.25) is 0 Å². The highest BCUT2D eigenvalue weighted by Gasteiger charge is 2.11. The number of hydrogen-bond donors (Lipinski definition) is 1. The minimum Gasteiger partial charge on any atom is -0.495 e. The Kier molecular flexibility index (Phi) is 5.43. The van der Waals surface area contributed by atoms with Crippen LogP contribution in [0.2, 0.25) is 0 Å². The lowest BCUT2D eigenvalue weighted by atomic mass is 10.2. The molecule has 0 aliphatic rings. The average molecular weight is 274 g/mol. The van der Waals surface area contributed by atoms with Gasteiger partial charge < -0.3 is 15.4 Å². The van der Waals surface area contributed by atoms with Gasteiger partial charge in [0.05, 0.1) is 19.3 Å². The van der Waals surface area contributed by atoms with Gasteiger partial charge >= 0.3 is 0 Å². The summed E-state index contributed by atoms with van der Waals surface area (Å²) in [5, 5.41) is 4.24. The molecule has 0 spiro atoms. The number of ether oxygens (including phenoxy) is 1. The van der Waals surface area contributed by atoms with E-state index in [9.17, 15) is 0 Å². The standard InChI is InChI=1S/C15H22N4O/c1-20-15-7-3-2-6-14(15)18(10-4-8-16)12-13-19-11-5-9-17-19/h2-3,5-7,9,11H,4,8,10,12-13,16H2,1H3. The molecule has 0 unspecified atom stereocenters. The molecule has 0 fully saturated rings. The summed E-state index contributed by atoms with van der Waals surface area (Å²) in [5.41, 5.74) is 6.75. The van der Waals surface area contributed by atoms with E-state index in [0.29, 0.717) is 6.54 Å². The molecule has 5 nitrogen and oxygen atoms in total.